The predicted molar refractivity (Wildman–Crippen MR) is 87.3 cm³/mol. The number of hydrogen-bond acceptors (Lipinski definition) is 3. The molecular formula is C19H10O3. The summed E-state index contributed by atoms with van der Waals surface area (Å²) < 4.78 is 11.8. The van der Waals surface area contributed by atoms with Crippen molar-refractivity contribution in [1.82, 2.24) is 0 Å². The van der Waals surface area contributed by atoms with Gasteiger partial charge < -0.3 is 8.83 Å². The van der Waals surface area contributed by atoms with Gasteiger partial charge in [0.05, 0.1) is 0 Å². The van der Waals surface area contributed by atoms with E-state index in [9.17, 15) is 4.79 Å². The van der Waals surface area contributed by atoms with Crippen LogP contribution in [-0.2, 0) is 0 Å². The summed E-state index contributed by atoms with van der Waals surface area (Å²) in [6.45, 7) is 0. The minimum atomic E-state index is 0.0378. The van der Waals surface area contributed by atoms with Gasteiger partial charge in [-0.15, -0.1) is 0 Å². The lowest BCUT2D eigenvalue weighted by Crippen LogP contribution is -1.93. The van der Waals surface area contributed by atoms with Crippen molar-refractivity contribution in [3.05, 3.63) is 70.9 Å². The highest BCUT2D eigenvalue weighted by atomic mass is 16.4. The van der Waals surface area contributed by atoms with Crippen LogP contribution in [0.3, 0.4) is 0 Å². The van der Waals surface area contributed by atoms with E-state index in [1.54, 1.807) is 6.07 Å². The lowest BCUT2D eigenvalue weighted by Gasteiger charge is -2.01. The first-order valence-corrected chi connectivity index (χ1v) is 7.08. The van der Waals surface area contributed by atoms with Crippen LogP contribution in [0.25, 0.3) is 43.9 Å². The molecule has 4 aromatic carbocycles. The van der Waals surface area contributed by atoms with Gasteiger partial charge in [0.2, 0.25) is 0 Å². The van der Waals surface area contributed by atoms with Crippen LogP contribution in [0.2, 0.25) is 0 Å². The summed E-state index contributed by atoms with van der Waals surface area (Å²) in [4.78, 5) is 12.5. The highest BCUT2D eigenvalue weighted by Crippen LogP contribution is 2.30. The largest absolute Gasteiger partial charge is 0.449 e. The zero-order valence-electron chi connectivity index (χ0n) is 11.5. The Bertz CT molecular complexity index is 1240. The Balaban J connectivity index is 2.04. The van der Waals surface area contributed by atoms with Crippen molar-refractivity contribution in [3.8, 4) is 0 Å². The SMILES string of the molecule is O=c1c2ccccc2c2cc3oc4ccccc4oc3cc12. The summed E-state index contributed by atoms with van der Waals surface area (Å²) in [5.41, 5.74) is 2.61. The van der Waals surface area contributed by atoms with Crippen LogP contribution in [-0.4, -0.2) is 0 Å². The van der Waals surface area contributed by atoms with Gasteiger partial charge in [-0.1, -0.05) is 36.4 Å². The first kappa shape index (κ1) is 11.6. The fraction of sp³-hybridized carbons (Fsp3) is 0. The molecule has 0 atom stereocenters. The van der Waals surface area contributed by atoms with E-state index >= 15 is 0 Å². The van der Waals surface area contributed by atoms with Crippen LogP contribution >= 0.6 is 0 Å². The third-order valence-corrected chi connectivity index (χ3v) is 4.08. The van der Waals surface area contributed by atoms with Crippen LogP contribution in [0.15, 0.2) is 74.3 Å². The molecule has 0 amide bonds. The van der Waals surface area contributed by atoms with E-state index in [1.807, 2.05) is 54.6 Å². The van der Waals surface area contributed by atoms with E-state index in [2.05, 4.69) is 0 Å². The molecule has 0 unspecified atom stereocenters. The van der Waals surface area contributed by atoms with Crippen molar-refractivity contribution in [3.63, 3.8) is 0 Å². The number of benzene rings is 3. The quantitative estimate of drug-likeness (QED) is 0.382. The molecule has 0 N–H and O–H groups in total. The van der Waals surface area contributed by atoms with Gasteiger partial charge >= 0.3 is 0 Å². The average Bonchev–Trinajstić information content (AvgIpc) is 2.84. The average molecular weight is 286 g/mol. The molecule has 5 rings (SSSR count). The molecule has 1 heterocycles. The Hall–Kier alpha value is -3.07. The van der Waals surface area contributed by atoms with Gasteiger partial charge in [0, 0.05) is 10.8 Å². The number of hydrogen-bond donors (Lipinski definition) is 0. The van der Waals surface area contributed by atoms with Crippen molar-refractivity contribution in [2.75, 3.05) is 0 Å². The van der Waals surface area contributed by atoms with E-state index in [0.717, 1.165) is 16.2 Å². The molecule has 0 bridgehead atoms. The second kappa shape index (κ2) is 3.98. The van der Waals surface area contributed by atoms with Gasteiger partial charge in [0.15, 0.2) is 27.8 Å². The molecule has 0 fully saturated rings. The molecule has 3 nitrogen and oxygen atoms in total. The lowest BCUT2D eigenvalue weighted by atomic mass is 10.1. The summed E-state index contributed by atoms with van der Waals surface area (Å²) >= 11 is 0. The van der Waals surface area contributed by atoms with Crippen LogP contribution < -0.4 is 5.43 Å². The normalized spacial score (nSPS) is 11.8. The summed E-state index contributed by atoms with van der Waals surface area (Å²) in [6.07, 6.45) is 0. The van der Waals surface area contributed by atoms with Gasteiger partial charge in [-0.05, 0) is 35.0 Å². The van der Waals surface area contributed by atoms with Crippen molar-refractivity contribution in [1.29, 1.82) is 0 Å². The fourth-order valence-corrected chi connectivity index (χ4v) is 3.05. The molecule has 0 aliphatic carbocycles. The summed E-state index contributed by atoms with van der Waals surface area (Å²) in [6, 6.07) is 18.8. The Morgan fingerprint density at radius 1 is 0.545 bits per heavy atom. The molecule has 22 heavy (non-hydrogen) atoms. The van der Waals surface area contributed by atoms with Gasteiger partial charge in [0.25, 0.3) is 0 Å². The standard InChI is InChI=1S/C19H10O3/c20-19-12-6-2-1-5-11(12)13-9-17-18(10-14(13)19)22-16-8-4-3-7-15(16)21-17/h1-10H. The zero-order chi connectivity index (χ0) is 14.7. The van der Waals surface area contributed by atoms with Crippen LogP contribution in [0.5, 0.6) is 0 Å². The van der Waals surface area contributed by atoms with Gasteiger partial charge in [-0.3, -0.25) is 4.79 Å². The zero-order valence-corrected chi connectivity index (χ0v) is 11.5. The van der Waals surface area contributed by atoms with Gasteiger partial charge in [0.1, 0.15) is 0 Å². The van der Waals surface area contributed by atoms with Crippen molar-refractivity contribution < 1.29 is 8.83 Å². The van der Waals surface area contributed by atoms with E-state index in [-0.39, 0.29) is 5.43 Å². The highest BCUT2D eigenvalue weighted by Gasteiger charge is 2.13. The van der Waals surface area contributed by atoms with Crippen molar-refractivity contribution in [2.45, 2.75) is 0 Å². The summed E-state index contributed by atoms with van der Waals surface area (Å²) in [5.74, 6) is 0. The maximum absolute atomic E-state index is 12.5. The third-order valence-electron chi connectivity index (χ3n) is 4.08. The summed E-state index contributed by atoms with van der Waals surface area (Å²) in [5, 5.41) is 3.26. The van der Waals surface area contributed by atoms with Crippen molar-refractivity contribution >= 4 is 43.9 Å². The third kappa shape index (κ3) is 1.42. The minimum Gasteiger partial charge on any atom is -0.449 e. The molecule has 5 aromatic rings. The first-order chi connectivity index (χ1) is 10.8. The highest BCUT2D eigenvalue weighted by molar-refractivity contribution is 6.14. The molecular weight excluding hydrogens is 276 g/mol. The number of fused-ring (bicyclic) bond motifs is 5. The maximum Gasteiger partial charge on any atom is 0.194 e. The van der Waals surface area contributed by atoms with E-state index < -0.39 is 0 Å². The Morgan fingerprint density at radius 3 is 1.77 bits per heavy atom. The van der Waals surface area contributed by atoms with Crippen LogP contribution in [0.1, 0.15) is 0 Å². The lowest BCUT2D eigenvalue weighted by molar-refractivity contribution is 0.582. The van der Waals surface area contributed by atoms with E-state index in [4.69, 9.17) is 8.83 Å². The number of rotatable bonds is 0. The van der Waals surface area contributed by atoms with Crippen molar-refractivity contribution in [2.24, 2.45) is 0 Å². The Labute approximate surface area is 124 Å². The summed E-state index contributed by atoms with van der Waals surface area (Å²) in [7, 11) is 0. The molecule has 0 saturated heterocycles. The van der Waals surface area contributed by atoms with E-state index in [1.165, 1.54) is 0 Å². The molecule has 0 aliphatic heterocycles. The molecule has 3 heteroatoms. The van der Waals surface area contributed by atoms with Gasteiger partial charge in [-0.2, -0.15) is 0 Å². The monoisotopic (exact) mass is 286 g/mol. The Kier molecular flexibility index (Phi) is 2.09. The molecule has 1 aromatic heterocycles. The molecule has 0 saturated carbocycles. The van der Waals surface area contributed by atoms with Crippen LogP contribution in [0.4, 0.5) is 0 Å². The van der Waals surface area contributed by atoms with Gasteiger partial charge in [-0.25, -0.2) is 0 Å². The smallest absolute Gasteiger partial charge is 0.194 e. The Morgan fingerprint density at radius 2 is 1.09 bits per heavy atom. The molecule has 0 radical (unpaired) electrons. The predicted octanol–water partition coefficient (Wildman–Crippen LogP) is 4.85. The molecule has 0 aliphatic rings. The minimum absolute atomic E-state index is 0.0378. The molecule has 104 valence electrons. The first-order valence-electron chi connectivity index (χ1n) is 7.08. The fourth-order valence-electron chi connectivity index (χ4n) is 3.05. The van der Waals surface area contributed by atoms with Crippen LogP contribution in [0, 0.1) is 0 Å². The van der Waals surface area contributed by atoms with E-state index in [0.29, 0.717) is 27.7 Å². The topological polar surface area (TPSA) is 43.4 Å². The second-order valence-corrected chi connectivity index (χ2v) is 5.37. The number of para-hydroxylation sites is 2. The maximum atomic E-state index is 12.5. The second-order valence-electron chi connectivity index (χ2n) is 5.37. The molecule has 0 spiro atoms.